The van der Waals surface area contributed by atoms with Gasteiger partial charge in [-0.25, -0.2) is 5.26 Å². The van der Waals surface area contributed by atoms with E-state index in [4.69, 9.17) is 5.26 Å². The molecule has 0 atom stereocenters. The summed E-state index contributed by atoms with van der Waals surface area (Å²) in [6.07, 6.45) is 2.94. The molecular weight excluding hydrogens is 137 g/mol. The molecule has 0 unspecified atom stereocenters. The highest BCUT2D eigenvalue weighted by Gasteiger charge is 2.08. The molecule has 0 aromatic carbocycles. The standard InChI is InChI=1S/C4H8BNS2/c1-3-5(4-6)8-7-2/h3H2,1-2H3. The lowest BCUT2D eigenvalue weighted by molar-refractivity contribution is 1.45. The summed E-state index contributed by atoms with van der Waals surface area (Å²) in [6, 6.07) is 0. The van der Waals surface area contributed by atoms with E-state index in [0.717, 1.165) is 6.32 Å². The predicted molar refractivity (Wildman–Crippen MR) is 43.0 cm³/mol. The van der Waals surface area contributed by atoms with Crippen molar-refractivity contribution in [2.45, 2.75) is 13.2 Å². The lowest BCUT2D eigenvalue weighted by Crippen LogP contribution is -1.98. The highest BCUT2D eigenvalue weighted by molar-refractivity contribution is 8.86. The molecule has 0 amide bonds. The zero-order chi connectivity index (χ0) is 6.41. The van der Waals surface area contributed by atoms with Crippen LogP contribution in [0.5, 0.6) is 0 Å². The Balaban J connectivity index is 3.26. The SMILES string of the molecule is CCB(C#N)SSC. The van der Waals surface area contributed by atoms with Crippen LogP contribution in [-0.4, -0.2) is 12.2 Å². The van der Waals surface area contributed by atoms with Crippen LogP contribution in [0.3, 0.4) is 0 Å². The van der Waals surface area contributed by atoms with E-state index in [2.05, 4.69) is 5.97 Å². The lowest BCUT2D eigenvalue weighted by Gasteiger charge is -1.93. The van der Waals surface area contributed by atoms with E-state index in [1.807, 2.05) is 13.2 Å². The zero-order valence-corrected chi connectivity index (χ0v) is 6.68. The number of nitrogens with zero attached hydrogens (tertiary/aromatic N) is 1. The molecule has 0 aliphatic heterocycles. The van der Waals surface area contributed by atoms with Crippen molar-refractivity contribution in [3.05, 3.63) is 0 Å². The molecule has 0 aromatic heterocycles. The van der Waals surface area contributed by atoms with Crippen LogP contribution >= 0.6 is 21.4 Å². The molecule has 8 heavy (non-hydrogen) atoms. The van der Waals surface area contributed by atoms with Crippen molar-refractivity contribution >= 4 is 27.4 Å². The Hall–Kier alpha value is 0.255. The number of nitriles is 1. The maximum absolute atomic E-state index is 8.37. The Kier molecular flexibility index (Phi) is 5.56. The first-order valence-electron chi connectivity index (χ1n) is 2.44. The molecule has 0 saturated heterocycles. The fourth-order valence-electron chi connectivity index (χ4n) is 0.297. The average Bonchev–Trinajstić information content (AvgIpc) is 1.83. The molecule has 44 valence electrons. The number of hydrogen-bond donors (Lipinski definition) is 0. The van der Waals surface area contributed by atoms with Crippen molar-refractivity contribution in [2.75, 3.05) is 6.26 Å². The third-order valence-electron chi connectivity index (χ3n) is 0.727. The van der Waals surface area contributed by atoms with Gasteiger partial charge in [-0.2, -0.15) is 0 Å². The smallest absolute Gasteiger partial charge is 0.211 e. The van der Waals surface area contributed by atoms with Gasteiger partial charge in [-0.15, -0.1) is 21.4 Å². The van der Waals surface area contributed by atoms with E-state index in [0.29, 0.717) is 0 Å². The first-order valence-corrected chi connectivity index (χ1v) is 5.06. The average molecular weight is 145 g/mol. The minimum absolute atomic E-state index is 0.185. The van der Waals surface area contributed by atoms with Gasteiger partial charge in [0.25, 0.3) is 0 Å². The molecule has 4 heteroatoms. The van der Waals surface area contributed by atoms with Gasteiger partial charge in [-0.05, 0) is 6.26 Å². The third kappa shape index (κ3) is 3.28. The van der Waals surface area contributed by atoms with Crippen LogP contribution in [0.4, 0.5) is 0 Å². The van der Waals surface area contributed by atoms with Crippen molar-refractivity contribution in [3.63, 3.8) is 0 Å². The molecule has 0 saturated carbocycles. The predicted octanol–water partition coefficient (Wildman–Crippen LogP) is 2.07. The van der Waals surface area contributed by atoms with E-state index >= 15 is 0 Å². The number of rotatable bonds is 3. The van der Waals surface area contributed by atoms with Gasteiger partial charge in [0.1, 0.15) is 0 Å². The topological polar surface area (TPSA) is 23.8 Å². The van der Waals surface area contributed by atoms with Crippen molar-refractivity contribution in [3.8, 4) is 5.97 Å². The van der Waals surface area contributed by atoms with Crippen LogP contribution in [0, 0.1) is 11.2 Å². The summed E-state index contributed by atoms with van der Waals surface area (Å²) in [6.45, 7) is 2.02. The molecular formula is C4H8BNS2. The molecule has 0 N–H and O–H groups in total. The van der Waals surface area contributed by atoms with Gasteiger partial charge in [0.2, 0.25) is 0 Å². The molecule has 0 bridgehead atoms. The summed E-state index contributed by atoms with van der Waals surface area (Å²) < 4.78 is 0. The Labute approximate surface area is 58.6 Å². The molecule has 0 fully saturated rings. The van der Waals surface area contributed by atoms with Crippen LogP contribution in [-0.2, 0) is 0 Å². The Bertz CT molecular complexity index is 90.5. The second-order valence-electron chi connectivity index (χ2n) is 1.29. The summed E-state index contributed by atoms with van der Waals surface area (Å²) in [7, 11) is 3.28. The maximum atomic E-state index is 8.37. The summed E-state index contributed by atoms with van der Waals surface area (Å²) in [4.78, 5) is 0. The van der Waals surface area contributed by atoms with Crippen molar-refractivity contribution in [1.82, 2.24) is 0 Å². The minimum Gasteiger partial charge on any atom is -0.211 e. The van der Waals surface area contributed by atoms with Gasteiger partial charge in [0.15, 0.2) is 0 Å². The largest absolute Gasteiger partial charge is 0.343 e. The second-order valence-corrected chi connectivity index (χ2v) is 3.96. The highest BCUT2D eigenvalue weighted by Crippen LogP contribution is 2.21. The van der Waals surface area contributed by atoms with Crippen molar-refractivity contribution < 1.29 is 0 Å². The molecule has 0 rings (SSSR count). The Morgan fingerprint density at radius 3 is 2.50 bits per heavy atom. The summed E-state index contributed by atoms with van der Waals surface area (Å²) >= 11 is 0. The van der Waals surface area contributed by atoms with Crippen LogP contribution < -0.4 is 0 Å². The van der Waals surface area contributed by atoms with Crippen LogP contribution in [0.1, 0.15) is 6.92 Å². The minimum atomic E-state index is 0.185. The third-order valence-corrected chi connectivity index (χ3v) is 2.86. The van der Waals surface area contributed by atoms with E-state index < -0.39 is 0 Å². The van der Waals surface area contributed by atoms with Crippen molar-refractivity contribution in [1.29, 1.82) is 5.26 Å². The zero-order valence-electron chi connectivity index (χ0n) is 5.05. The Morgan fingerprint density at radius 2 is 2.38 bits per heavy atom. The fourth-order valence-corrected chi connectivity index (χ4v) is 1.94. The van der Waals surface area contributed by atoms with E-state index in [1.165, 1.54) is 0 Å². The first-order chi connectivity index (χ1) is 3.85. The summed E-state index contributed by atoms with van der Waals surface area (Å²) in [5.41, 5.74) is 0. The molecule has 0 heterocycles. The van der Waals surface area contributed by atoms with E-state index in [1.54, 1.807) is 21.4 Å². The second kappa shape index (κ2) is 5.39. The quantitative estimate of drug-likeness (QED) is 0.448. The highest BCUT2D eigenvalue weighted by atomic mass is 33.1. The van der Waals surface area contributed by atoms with Crippen LogP contribution in [0.25, 0.3) is 0 Å². The number of hydrogen-bond acceptors (Lipinski definition) is 3. The van der Waals surface area contributed by atoms with E-state index in [-0.39, 0.29) is 5.99 Å². The van der Waals surface area contributed by atoms with Gasteiger partial charge in [0.05, 0.1) is 0 Å². The first kappa shape index (κ1) is 8.25. The van der Waals surface area contributed by atoms with Crippen LogP contribution in [0.2, 0.25) is 6.32 Å². The summed E-state index contributed by atoms with van der Waals surface area (Å²) in [5, 5.41) is 8.37. The molecule has 0 aliphatic rings. The van der Waals surface area contributed by atoms with Gasteiger partial charge in [0, 0.05) is 5.97 Å². The monoisotopic (exact) mass is 145 g/mol. The van der Waals surface area contributed by atoms with Gasteiger partial charge in [-0.1, -0.05) is 13.2 Å². The maximum Gasteiger partial charge on any atom is 0.343 e. The molecule has 0 spiro atoms. The fraction of sp³-hybridized carbons (Fsp3) is 0.750. The molecule has 1 nitrogen and oxygen atoms in total. The molecule has 0 radical (unpaired) electrons. The molecule has 0 aromatic rings. The summed E-state index contributed by atoms with van der Waals surface area (Å²) in [5.74, 6) is 2.38. The van der Waals surface area contributed by atoms with Gasteiger partial charge < -0.3 is 0 Å². The van der Waals surface area contributed by atoms with Gasteiger partial charge in [-0.3, -0.25) is 0 Å². The van der Waals surface area contributed by atoms with Crippen molar-refractivity contribution in [2.24, 2.45) is 0 Å². The van der Waals surface area contributed by atoms with E-state index in [9.17, 15) is 0 Å². The Morgan fingerprint density at radius 1 is 1.75 bits per heavy atom. The van der Waals surface area contributed by atoms with Crippen LogP contribution in [0.15, 0.2) is 0 Å². The lowest BCUT2D eigenvalue weighted by atomic mass is 9.76. The molecule has 0 aliphatic carbocycles. The van der Waals surface area contributed by atoms with Gasteiger partial charge >= 0.3 is 5.99 Å². The normalized spacial score (nSPS) is 8.12.